The molecular weight excluding hydrogens is 663 g/mol. The summed E-state index contributed by atoms with van der Waals surface area (Å²) in [6, 6.07) is 23.0. The molecule has 6 rings (SSSR count). The van der Waals surface area contributed by atoms with Gasteiger partial charge in [-0.1, -0.05) is 29.5 Å². The van der Waals surface area contributed by atoms with E-state index in [1.165, 1.54) is 48.8 Å². The number of sulfonamides is 2. The average molecular weight is 688 g/mol. The smallest absolute Gasteiger partial charge is 0.264 e. The highest BCUT2D eigenvalue weighted by molar-refractivity contribution is 7.93. The first-order chi connectivity index (χ1) is 22.6. The number of aryl methyl sites for hydroxylation is 1. The van der Waals surface area contributed by atoms with Gasteiger partial charge in [-0.05, 0) is 80.6 Å². The van der Waals surface area contributed by atoms with Crippen molar-refractivity contribution in [3.63, 3.8) is 0 Å². The van der Waals surface area contributed by atoms with Gasteiger partial charge in [-0.3, -0.25) is 4.72 Å². The van der Waals surface area contributed by atoms with E-state index in [0.717, 1.165) is 17.0 Å². The first kappa shape index (κ1) is 31.4. The molecule has 0 bridgehead atoms. The molecule has 18 heteroatoms. The number of hydrogen-bond donors (Lipinski definition) is 3. The van der Waals surface area contributed by atoms with Crippen LogP contribution in [0.15, 0.2) is 117 Å². The Morgan fingerprint density at radius 1 is 0.723 bits per heavy atom. The summed E-state index contributed by atoms with van der Waals surface area (Å²) in [6.45, 7) is 3.53. The summed E-state index contributed by atoms with van der Waals surface area (Å²) in [6.07, 6.45) is 2.86. The lowest BCUT2D eigenvalue weighted by atomic mass is 10.3. The number of rotatable bonds is 11. The van der Waals surface area contributed by atoms with Crippen LogP contribution < -0.4 is 14.8 Å². The summed E-state index contributed by atoms with van der Waals surface area (Å²) < 4.78 is 57.7. The van der Waals surface area contributed by atoms with Crippen molar-refractivity contribution in [2.45, 2.75) is 23.6 Å². The lowest BCUT2D eigenvalue weighted by Gasteiger charge is -2.07. The predicted octanol–water partition coefficient (Wildman–Crippen LogP) is 5.89. The van der Waals surface area contributed by atoms with E-state index in [-0.39, 0.29) is 20.9 Å². The van der Waals surface area contributed by atoms with E-state index in [1.54, 1.807) is 36.7 Å². The number of para-hydroxylation sites is 1. The number of hydrogen-bond acceptors (Lipinski definition) is 13. The van der Waals surface area contributed by atoms with Gasteiger partial charge in [0.25, 0.3) is 20.0 Å². The third kappa shape index (κ3) is 7.29. The summed E-state index contributed by atoms with van der Waals surface area (Å²) in [5, 5.41) is 25.2. The van der Waals surface area contributed by atoms with Crippen molar-refractivity contribution in [2.24, 2.45) is 10.2 Å². The van der Waals surface area contributed by atoms with Gasteiger partial charge in [-0.2, -0.15) is 5.11 Å². The van der Waals surface area contributed by atoms with Crippen LogP contribution in [0.5, 0.6) is 0 Å². The SMILES string of the molecule is Cc1nnc(NS(=O)(=O)c2ccc(-n3nc(Nc4ccccc4)c(N=Nc4ccc(S(=O)(=O)Nc5ncccn5)cc4)c3C)cc2)s1. The zero-order chi connectivity index (χ0) is 33.0. The first-order valence-electron chi connectivity index (χ1n) is 13.7. The van der Waals surface area contributed by atoms with Crippen LogP contribution in [0, 0.1) is 13.8 Å². The fourth-order valence-electron chi connectivity index (χ4n) is 4.22. The Bertz CT molecular complexity index is 2260. The number of nitrogens with zero attached hydrogens (tertiary/aromatic N) is 8. The molecule has 0 unspecified atom stereocenters. The molecule has 0 radical (unpaired) electrons. The third-order valence-electron chi connectivity index (χ3n) is 6.46. The molecule has 3 heterocycles. The summed E-state index contributed by atoms with van der Waals surface area (Å²) in [4.78, 5) is 7.82. The minimum absolute atomic E-state index is 0.00145. The number of anilines is 4. The molecule has 15 nitrogen and oxygen atoms in total. The Balaban J connectivity index is 1.27. The Morgan fingerprint density at radius 3 is 2.00 bits per heavy atom. The van der Waals surface area contributed by atoms with Crippen molar-refractivity contribution < 1.29 is 16.8 Å². The van der Waals surface area contributed by atoms with Crippen LogP contribution in [0.3, 0.4) is 0 Å². The second-order valence-electron chi connectivity index (χ2n) is 9.78. The van der Waals surface area contributed by atoms with Gasteiger partial charge >= 0.3 is 0 Å². The van der Waals surface area contributed by atoms with Crippen molar-refractivity contribution >= 4 is 65.3 Å². The van der Waals surface area contributed by atoms with Crippen molar-refractivity contribution in [1.29, 1.82) is 0 Å². The Morgan fingerprint density at radius 2 is 1.36 bits per heavy atom. The second kappa shape index (κ2) is 13.0. The fraction of sp³-hybridized carbons (Fsp3) is 0.0690. The molecule has 0 amide bonds. The molecule has 0 saturated heterocycles. The van der Waals surface area contributed by atoms with E-state index in [1.807, 2.05) is 30.3 Å². The average Bonchev–Trinajstić information content (AvgIpc) is 3.61. The number of aromatic nitrogens is 6. The van der Waals surface area contributed by atoms with Crippen molar-refractivity contribution in [2.75, 3.05) is 14.8 Å². The Labute approximate surface area is 273 Å². The summed E-state index contributed by atoms with van der Waals surface area (Å²) in [5.74, 6) is 0.354. The Hall–Kier alpha value is -5.59. The van der Waals surface area contributed by atoms with Gasteiger partial charge in [0.15, 0.2) is 11.5 Å². The molecular formula is C29H25N11O4S3. The van der Waals surface area contributed by atoms with Gasteiger partial charge in [0, 0.05) is 18.1 Å². The third-order valence-corrected chi connectivity index (χ3v) is 10.0. The van der Waals surface area contributed by atoms with Crippen LogP contribution in [-0.4, -0.2) is 46.8 Å². The van der Waals surface area contributed by atoms with Crippen molar-refractivity contribution in [3.8, 4) is 5.69 Å². The van der Waals surface area contributed by atoms with E-state index >= 15 is 0 Å². The van der Waals surface area contributed by atoms with E-state index in [0.29, 0.717) is 33.6 Å². The van der Waals surface area contributed by atoms with Crippen LogP contribution in [-0.2, 0) is 20.0 Å². The molecule has 0 spiro atoms. The summed E-state index contributed by atoms with van der Waals surface area (Å²) in [5.41, 5.74) is 2.76. The minimum atomic E-state index is -3.92. The quantitative estimate of drug-likeness (QED) is 0.138. The largest absolute Gasteiger partial charge is 0.337 e. The zero-order valence-electron chi connectivity index (χ0n) is 24.7. The topological polar surface area (TPSA) is 198 Å². The zero-order valence-corrected chi connectivity index (χ0v) is 27.1. The van der Waals surface area contributed by atoms with Gasteiger partial charge in [-0.15, -0.1) is 20.4 Å². The summed E-state index contributed by atoms with van der Waals surface area (Å²) in [7, 11) is -7.80. The molecule has 0 saturated carbocycles. The number of benzene rings is 3. The second-order valence-corrected chi connectivity index (χ2v) is 14.3. The standard InChI is InChI=1S/C29H25N11O4S3/c1-19-26(35-34-22-9-13-24(14-10-22)46(41,42)38-28-30-17-6-18-31-28)27(32-21-7-4-3-5-8-21)37-40(19)23-11-15-25(16-12-23)47(43,44)39-29-36-33-20(2)45-29/h3-18H,1-2H3,(H,32,37)(H,36,39)(H,30,31,38). The normalized spacial score (nSPS) is 11.9. The fourth-order valence-corrected chi connectivity index (χ4v) is 7.00. The molecule has 0 atom stereocenters. The van der Waals surface area contributed by atoms with Gasteiger partial charge in [0.2, 0.25) is 11.1 Å². The number of azo groups is 1. The highest BCUT2D eigenvalue weighted by Crippen LogP contribution is 2.34. The van der Waals surface area contributed by atoms with Gasteiger partial charge in [0.05, 0.1) is 26.9 Å². The summed E-state index contributed by atoms with van der Waals surface area (Å²) >= 11 is 1.13. The van der Waals surface area contributed by atoms with Gasteiger partial charge < -0.3 is 5.32 Å². The van der Waals surface area contributed by atoms with Crippen LogP contribution in [0.25, 0.3) is 5.69 Å². The molecule has 47 heavy (non-hydrogen) atoms. The molecule has 3 aromatic carbocycles. The van der Waals surface area contributed by atoms with E-state index in [4.69, 9.17) is 5.10 Å². The van der Waals surface area contributed by atoms with Crippen molar-refractivity contribution in [3.05, 3.63) is 108 Å². The first-order valence-corrected chi connectivity index (χ1v) is 17.5. The maximum atomic E-state index is 12.9. The maximum absolute atomic E-state index is 12.9. The number of nitrogens with one attached hydrogen (secondary N) is 3. The predicted molar refractivity (Wildman–Crippen MR) is 177 cm³/mol. The maximum Gasteiger partial charge on any atom is 0.264 e. The van der Waals surface area contributed by atoms with Gasteiger partial charge in [-0.25, -0.2) is 36.2 Å². The minimum Gasteiger partial charge on any atom is -0.337 e. The molecule has 6 aromatic rings. The van der Waals surface area contributed by atoms with Gasteiger partial charge in [0.1, 0.15) is 5.01 Å². The highest BCUT2D eigenvalue weighted by Gasteiger charge is 2.20. The molecule has 3 aromatic heterocycles. The van der Waals surface area contributed by atoms with Crippen LogP contribution in [0.4, 0.5) is 34.0 Å². The van der Waals surface area contributed by atoms with Crippen LogP contribution in [0.1, 0.15) is 10.7 Å². The Kier molecular flexibility index (Phi) is 8.70. The molecule has 0 fully saturated rings. The molecule has 0 aliphatic heterocycles. The van der Waals surface area contributed by atoms with Crippen LogP contribution >= 0.6 is 11.3 Å². The lowest BCUT2D eigenvalue weighted by molar-refractivity contribution is 0.599. The monoisotopic (exact) mass is 687 g/mol. The lowest BCUT2D eigenvalue weighted by Crippen LogP contribution is -2.14. The van der Waals surface area contributed by atoms with Crippen molar-refractivity contribution in [1.82, 2.24) is 29.9 Å². The molecule has 0 aliphatic carbocycles. The highest BCUT2D eigenvalue weighted by atomic mass is 32.2. The molecule has 238 valence electrons. The van der Waals surface area contributed by atoms with E-state index in [9.17, 15) is 16.8 Å². The van der Waals surface area contributed by atoms with E-state index in [2.05, 4.69) is 45.2 Å². The van der Waals surface area contributed by atoms with Crippen LogP contribution in [0.2, 0.25) is 0 Å². The molecule has 3 N–H and O–H groups in total. The van der Waals surface area contributed by atoms with E-state index < -0.39 is 20.0 Å². The molecule has 0 aliphatic rings.